The largest absolute Gasteiger partial charge is 0.459 e. The lowest BCUT2D eigenvalue weighted by Gasteiger charge is -2.26. The number of cyclic esters (lactones) is 1. The Morgan fingerprint density at radius 2 is 2.38 bits per heavy atom. The molecule has 0 amide bonds. The highest BCUT2D eigenvalue weighted by Crippen LogP contribution is 2.36. The van der Waals surface area contributed by atoms with Crippen LogP contribution in [0.4, 0.5) is 0 Å². The van der Waals surface area contributed by atoms with Gasteiger partial charge in [-0.15, -0.1) is 11.6 Å². The lowest BCUT2D eigenvalue weighted by atomic mass is 9.94. The molecule has 0 spiro atoms. The molecule has 0 radical (unpaired) electrons. The molecule has 2 saturated heterocycles. The minimum Gasteiger partial charge on any atom is -0.459 e. The molecule has 2 aliphatic rings. The minimum atomic E-state index is -0.119. The number of carbonyl (C=O) groups excluding carboxylic acids is 1. The topological polar surface area (TPSA) is 35.5 Å². The summed E-state index contributed by atoms with van der Waals surface area (Å²) in [5.74, 6) is 0.351. The molecule has 4 atom stereocenters. The number of rotatable bonds is 2. The van der Waals surface area contributed by atoms with Crippen LogP contribution in [0.15, 0.2) is 0 Å². The van der Waals surface area contributed by atoms with Crippen LogP contribution in [0.5, 0.6) is 0 Å². The van der Waals surface area contributed by atoms with Gasteiger partial charge in [0.1, 0.15) is 6.10 Å². The van der Waals surface area contributed by atoms with Crippen molar-refractivity contribution in [1.82, 2.24) is 0 Å². The monoisotopic (exact) mass is 204 g/mol. The van der Waals surface area contributed by atoms with E-state index < -0.39 is 0 Å². The minimum absolute atomic E-state index is 0.0119. The summed E-state index contributed by atoms with van der Waals surface area (Å²) in [6.07, 6.45) is 1.47. The van der Waals surface area contributed by atoms with E-state index >= 15 is 0 Å². The Morgan fingerprint density at radius 3 is 3.08 bits per heavy atom. The highest BCUT2D eigenvalue weighted by atomic mass is 35.5. The summed E-state index contributed by atoms with van der Waals surface area (Å²) in [4.78, 5) is 11.4. The summed E-state index contributed by atoms with van der Waals surface area (Å²) in [7, 11) is 0. The molecule has 2 aliphatic heterocycles. The van der Waals surface area contributed by atoms with Crippen molar-refractivity contribution in [3.8, 4) is 0 Å². The molecule has 0 N–H and O–H groups in total. The van der Waals surface area contributed by atoms with E-state index in [9.17, 15) is 4.79 Å². The van der Waals surface area contributed by atoms with Gasteiger partial charge in [0.05, 0.1) is 18.1 Å². The molecule has 2 heterocycles. The van der Waals surface area contributed by atoms with Gasteiger partial charge >= 0.3 is 5.97 Å². The first-order valence-electron chi connectivity index (χ1n) is 4.64. The molecular formula is C9H13ClO3. The second-order valence-corrected chi connectivity index (χ2v) is 4.05. The van der Waals surface area contributed by atoms with Crippen molar-refractivity contribution < 1.29 is 14.3 Å². The highest BCUT2D eigenvalue weighted by Gasteiger charge is 2.47. The lowest BCUT2D eigenvalue weighted by molar-refractivity contribution is -0.160. The van der Waals surface area contributed by atoms with Crippen LogP contribution in [0.3, 0.4) is 0 Å². The molecule has 2 rings (SSSR count). The second kappa shape index (κ2) is 3.46. The van der Waals surface area contributed by atoms with E-state index in [1.807, 2.05) is 6.92 Å². The number of carbonyl (C=O) groups is 1. The summed E-state index contributed by atoms with van der Waals surface area (Å²) < 4.78 is 10.9. The smallest absolute Gasteiger partial charge is 0.312 e. The van der Waals surface area contributed by atoms with Crippen molar-refractivity contribution in [3.63, 3.8) is 0 Å². The number of fused-ring (bicyclic) bond motifs is 2. The first kappa shape index (κ1) is 9.28. The van der Waals surface area contributed by atoms with E-state index in [2.05, 4.69) is 0 Å². The van der Waals surface area contributed by atoms with Crippen LogP contribution in [0.25, 0.3) is 0 Å². The Balaban J connectivity index is 2.07. The fourth-order valence-corrected chi connectivity index (χ4v) is 2.28. The van der Waals surface area contributed by atoms with Crippen molar-refractivity contribution in [3.05, 3.63) is 0 Å². The maximum absolute atomic E-state index is 11.4. The van der Waals surface area contributed by atoms with Gasteiger partial charge in [-0.2, -0.15) is 0 Å². The third kappa shape index (κ3) is 1.55. The van der Waals surface area contributed by atoms with Gasteiger partial charge in [0.2, 0.25) is 0 Å². The Labute approximate surface area is 82.3 Å². The molecule has 3 nitrogen and oxygen atoms in total. The van der Waals surface area contributed by atoms with Crippen LogP contribution in [-0.4, -0.2) is 30.2 Å². The number of ether oxygens (including phenoxy) is 2. The third-order valence-electron chi connectivity index (χ3n) is 2.82. The second-order valence-electron chi connectivity index (χ2n) is 3.67. The van der Waals surface area contributed by atoms with Crippen molar-refractivity contribution in [2.75, 3.05) is 5.88 Å². The Bertz CT molecular complexity index is 219. The van der Waals surface area contributed by atoms with Crippen molar-refractivity contribution in [2.24, 2.45) is 5.92 Å². The van der Waals surface area contributed by atoms with Crippen LogP contribution in [-0.2, 0) is 14.3 Å². The zero-order chi connectivity index (χ0) is 9.42. The van der Waals surface area contributed by atoms with Gasteiger partial charge in [-0.1, -0.05) is 0 Å². The Morgan fingerprint density at radius 1 is 1.62 bits per heavy atom. The van der Waals surface area contributed by atoms with Gasteiger partial charge in [-0.05, 0) is 13.3 Å². The van der Waals surface area contributed by atoms with E-state index in [1.165, 1.54) is 0 Å². The van der Waals surface area contributed by atoms with E-state index in [0.29, 0.717) is 12.3 Å². The predicted octanol–water partition coefficient (Wildman–Crippen LogP) is 1.33. The fraction of sp³-hybridized carbons (Fsp3) is 0.889. The van der Waals surface area contributed by atoms with Crippen LogP contribution in [0.1, 0.15) is 19.8 Å². The standard InChI is InChI=1S/C9H13ClO3/c1-5-6-4-8(12-5)7(2-3-10)13-9(6)11/h5-8H,2-4H2,1H3. The average Bonchev–Trinajstić information content (AvgIpc) is 2.41. The summed E-state index contributed by atoms with van der Waals surface area (Å²) in [6.45, 7) is 1.93. The molecule has 2 fully saturated rings. The molecule has 0 aromatic carbocycles. The summed E-state index contributed by atoms with van der Waals surface area (Å²) in [5.41, 5.74) is 0. The first-order chi connectivity index (χ1) is 6.22. The number of halogens is 1. The number of hydrogen-bond acceptors (Lipinski definition) is 3. The lowest BCUT2D eigenvalue weighted by Crippen LogP contribution is -2.37. The van der Waals surface area contributed by atoms with Gasteiger partial charge in [-0.25, -0.2) is 0 Å². The van der Waals surface area contributed by atoms with Gasteiger partial charge in [-0.3, -0.25) is 4.79 Å². The SMILES string of the molecule is CC1OC2CC1C(=O)OC2CCCl. The number of hydrogen-bond donors (Lipinski definition) is 0. The maximum Gasteiger partial charge on any atom is 0.312 e. The van der Waals surface area contributed by atoms with Crippen molar-refractivity contribution in [1.29, 1.82) is 0 Å². The van der Waals surface area contributed by atoms with Crippen LogP contribution in [0, 0.1) is 5.92 Å². The van der Waals surface area contributed by atoms with Crippen LogP contribution in [0.2, 0.25) is 0 Å². The quantitative estimate of drug-likeness (QED) is 0.503. The summed E-state index contributed by atoms with van der Waals surface area (Å²) >= 11 is 5.61. The van der Waals surface area contributed by atoms with Gasteiger partial charge in [0.15, 0.2) is 0 Å². The van der Waals surface area contributed by atoms with Gasteiger partial charge in [0, 0.05) is 12.3 Å². The predicted molar refractivity (Wildman–Crippen MR) is 47.7 cm³/mol. The molecule has 0 aromatic heterocycles. The first-order valence-corrected chi connectivity index (χ1v) is 5.17. The molecular weight excluding hydrogens is 192 g/mol. The zero-order valence-electron chi connectivity index (χ0n) is 7.53. The van der Waals surface area contributed by atoms with Crippen LogP contribution < -0.4 is 0 Å². The van der Waals surface area contributed by atoms with Gasteiger partial charge in [0.25, 0.3) is 0 Å². The van der Waals surface area contributed by atoms with E-state index in [0.717, 1.165) is 6.42 Å². The van der Waals surface area contributed by atoms with Gasteiger partial charge < -0.3 is 9.47 Å². The highest BCUT2D eigenvalue weighted by molar-refractivity contribution is 6.17. The normalized spacial score (nSPS) is 43.4. The molecule has 4 heteroatoms. The zero-order valence-corrected chi connectivity index (χ0v) is 8.29. The molecule has 2 bridgehead atoms. The van der Waals surface area contributed by atoms with Crippen LogP contribution >= 0.6 is 11.6 Å². The molecule has 13 heavy (non-hydrogen) atoms. The number of esters is 1. The molecule has 74 valence electrons. The molecule has 0 saturated carbocycles. The van der Waals surface area contributed by atoms with Crippen molar-refractivity contribution in [2.45, 2.75) is 38.1 Å². The Hall–Kier alpha value is -0.280. The average molecular weight is 205 g/mol. The fourth-order valence-electron chi connectivity index (χ4n) is 2.06. The summed E-state index contributed by atoms with van der Waals surface area (Å²) in [6, 6.07) is 0. The maximum atomic E-state index is 11.4. The van der Waals surface area contributed by atoms with E-state index in [-0.39, 0.29) is 30.2 Å². The van der Waals surface area contributed by atoms with Crippen molar-refractivity contribution >= 4 is 17.6 Å². The molecule has 0 aliphatic carbocycles. The number of alkyl halides is 1. The van der Waals surface area contributed by atoms with E-state index in [4.69, 9.17) is 21.1 Å². The molecule has 0 aromatic rings. The summed E-state index contributed by atoms with van der Waals surface area (Å²) in [5, 5.41) is 0. The molecule has 4 unspecified atom stereocenters. The van der Waals surface area contributed by atoms with E-state index in [1.54, 1.807) is 0 Å². The third-order valence-corrected chi connectivity index (χ3v) is 3.04. The Kier molecular flexibility index (Phi) is 2.47.